The summed E-state index contributed by atoms with van der Waals surface area (Å²) in [5.41, 5.74) is 1.43. The summed E-state index contributed by atoms with van der Waals surface area (Å²) >= 11 is 0. The van der Waals surface area contributed by atoms with Crippen molar-refractivity contribution in [2.45, 2.75) is 25.1 Å². The monoisotopic (exact) mass is 406 g/mol. The van der Waals surface area contributed by atoms with Crippen LogP contribution in [0.2, 0.25) is 0 Å². The van der Waals surface area contributed by atoms with Crippen LogP contribution >= 0.6 is 0 Å². The standard InChI is InChI=1S/C22H26F3N3O/c1-27(2)19-10-8-16(9-11-19)20(28-12-3-4-13-28)15-26-21(29)17-6-5-7-18(14-17)22(23,24)25/h5-11,14,20H,3-4,12-13,15H2,1-2H3,(H,26,29)/p+1/t20-/m0/s1. The maximum absolute atomic E-state index is 12.9. The minimum atomic E-state index is -4.47. The molecule has 0 radical (unpaired) electrons. The van der Waals surface area contributed by atoms with Gasteiger partial charge in [-0.15, -0.1) is 0 Å². The molecule has 1 aliphatic heterocycles. The summed E-state index contributed by atoms with van der Waals surface area (Å²) in [5, 5.41) is 2.85. The fraction of sp³-hybridized carbons (Fsp3) is 0.409. The molecular weight excluding hydrogens is 379 g/mol. The summed E-state index contributed by atoms with van der Waals surface area (Å²) in [4.78, 5) is 15.9. The third kappa shape index (κ3) is 5.29. The quantitative estimate of drug-likeness (QED) is 0.774. The van der Waals surface area contributed by atoms with Crippen molar-refractivity contribution >= 4 is 11.6 Å². The highest BCUT2D eigenvalue weighted by Gasteiger charge is 2.31. The Morgan fingerprint density at radius 1 is 1.10 bits per heavy atom. The molecule has 7 heteroatoms. The molecule has 2 N–H and O–H groups in total. The van der Waals surface area contributed by atoms with Gasteiger partial charge in [0.05, 0.1) is 25.2 Å². The normalized spacial score (nSPS) is 15.9. The third-order valence-electron chi connectivity index (χ3n) is 5.47. The van der Waals surface area contributed by atoms with Gasteiger partial charge >= 0.3 is 6.18 Å². The van der Waals surface area contributed by atoms with Crippen molar-refractivity contribution in [1.82, 2.24) is 5.32 Å². The number of halogens is 3. The Balaban J connectivity index is 1.74. The van der Waals surface area contributed by atoms with E-state index in [1.165, 1.54) is 17.0 Å². The SMILES string of the molecule is CN(C)c1ccc([C@H](CNC(=O)c2cccc(C(F)(F)F)c2)[NH+]2CCCC2)cc1. The number of nitrogens with zero attached hydrogens (tertiary/aromatic N) is 1. The van der Waals surface area contributed by atoms with Crippen LogP contribution in [0, 0.1) is 0 Å². The second-order valence-corrected chi connectivity index (χ2v) is 7.69. The zero-order valence-corrected chi connectivity index (χ0v) is 16.7. The Morgan fingerprint density at radius 2 is 1.76 bits per heavy atom. The molecule has 0 aliphatic carbocycles. The second-order valence-electron chi connectivity index (χ2n) is 7.69. The zero-order valence-electron chi connectivity index (χ0n) is 16.7. The molecule has 2 aromatic carbocycles. The first-order valence-electron chi connectivity index (χ1n) is 9.83. The van der Waals surface area contributed by atoms with Crippen LogP contribution in [0.4, 0.5) is 18.9 Å². The maximum atomic E-state index is 12.9. The lowest BCUT2D eigenvalue weighted by atomic mass is 10.0. The van der Waals surface area contributed by atoms with Crippen molar-refractivity contribution < 1.29 is 22.9 Å². The van der Waals surface area contributed by atoms with E-state index in [2.05, 4.69) is 17.4 Å². The number of quaternary nitrogens is 1. The third-order valence-corrected chi connectivity index (χ3v) is 5.47. The van der Waals surface area contributed by atoms with Crippen molar-refractivity contribution in [3.8, 4) is 0 Å². The first-order valence-corrected chi connectivity index (χ1v) is 9.83. The van der Waals surface area contributed by atoms with Gasteiger partial charge in [0, 0.05) is 43.8 Å². The zero-order chi connectivity index (χ0) is 21.0. The molecule has 1 amide bonds. The van der Waals surface area contributed by atoms with E-state index >= 15 is 0 Å². The van der Waals surface area contributed by atoms with Crippen molar-refractivity contribution in [3.63, 3.8) is 0 Å². The first kappa shape index (κ1) is 21.2. The Bertz CT molecular complexity index is 828. The van der Waals surface area contributed by atoms with Crippen LogP contribution in [-0.2, 0) is 6.18 Å². The van der Waals surface area contributed by atoms with Gasteiger partial charge in [-0.05, 0) is 30.3 Å². The average molecular weight is 406 g/mol. The fourth-order valence-electron chi connectivity index (χ4n) is 3.81. The molecule has 1 atom stereocenters. The van der Waals surface area contributed by atoms with Crippen LogP contribution in [-0.4, -0.2) is 39.6 Å². The topological polar surface area (TPSA) is 36.8 Å². The molecule has 1 fully saturated rings. The summed E-state index contributed by atoms with van der Waals surface area (Å²) < 4.78 is 38.8. The molecule has 0 aromatic heterocycles. The van der Waals surface area contributed by atoms with E-state index in [1.54, 1.807) is 0 Å². The van der Waals surface area contributed by atoms with Gasteiger partial charge in [0.25, 0.3) is 5.91 Å². The second kappa shape index (κ2) is 8.86. The van der Waals surface area contributed by atoms with Gasteiger partial charge < -0.3 is 15.1 Å². The number of benzene rings is 2. The number of hydrogen-bond acceptors (Lipinski definition) is 2. The molecule has 4 nitrogen and oxygen atoms in total. The van der Waals surface area contributed by atoms with Gasteiger partial charge in [0.1, 0.15) is 6.04 Å². The molecule has 3 rings (SSSR count). The molecule has 0 saturated carbocycles. The number of nitrogens with one attached hydrogen (secondary N) is 2. The van der Waals surface area contributed by atoms with Crippen LogP contribution in [0.5, 0.6) is 0 Å². The summed E-state index contributed by atoms with van der Waals surface area (Å²) in [7, 11) is 3.96. The lowest BCUT2D eigenvalue weighted by molar-refractivity contribution is -0.918. The largest absolute Gasteiger partial charge is 0.416 e. The van der Waals surface area contributed by atoms with Crippen LogP contribution in [0.25, 0.3) is 0 Å². The lowest BCUT2D eigenvalue weighted by Crippen LogP contribution is -3.11. The van der Waals surface area contributed by atoms with Crippen LogP contribution in [0.3, 0.4) is 0 Å². The van der Waals surface area contributed by atoms with E-state index in [9.17, 15) is 18.0 Å². The van der Waals surface area contributed by atoms with E-state index in [0.717, 1.165) is 49.3 Å². The van der Waals surface area contributed by atoms with Gasteiger partial charge in [0.15, 0.2) is 0 Å². The Morgan fingerprint density at radius 3 is 2.34 bits per heavy atom. The Kier molecular flexibility index (Phi) is 6.47. The summed E-state index contributed by atoms with van der Waals surface area (Å²) in [6.45, 7) is 2.44. The predicted octanol–water partition coefficient (Wildman–Crippen LogP) is 2.92. The van der Waals surface area contributed by atoms with E-state index < -0.39 is 17.6 Å². The van der Waals surface area contributed by atoms with Gasteiger partial charge in [-0.2, -0.15) is 13.2 Å². The molecule has 1 saturated heterocycles. The number of rotatable bonds is 6. The molecule has 0 spiro atoms. The Labute approximate surface area is 169 Å². The smallest absolute Gasteiger partial charge is 0.378 e. The van der Waals surface area contributed by atoms with Crippen molar-refractivity contribution in [2.24, 2.45) is 0 Å². The molecule has 0 bridgehead atoms. The minimum Gasteiger partial charge on any atom is -0.378 e. The van der Waals surface area contributed by atoms with Crippen molar-refractivity contribution in [3.05, 3.63) is 65.2 Å². The van der Waals surface area contributed by atoms with Gasteiger partial charge in [0.2, 0.25) is 0 Å². The van der Waals surface area contributed by atoms with Gasteiger partial charge in [-0.3, -0.25) is 4.79 Å². The lowest BCUT2D eigenvalue weighted by Gasteiger charge is -2.26. The number of hydrogen-bond donors (Lipinski definition) is 2. The number of anilines is 1. The average Bonchev–Trinajstić information content (AvgIpc) is 3.22. The van der Waals surface area contributed by atoms with Crippen molar-refractivity contribution in [1.29, 1.82) is 0 Å². The first-order chi connectivity index (χ1) is 13.8. The molecule has 29 heavy (non-hydrogen) atoms. The molecular formula is C22H27F3N3O+. The molecule has 1 aliphatic rings. The number of carbonyl (C=O) groups is 1. The fourth-order valence-corrected chi connectivity index (χ4v) is 3.81. The number of likely N-dealkylation sites (tertiary alicyclic amines) is 1. The van der Waals surface area contributed by atoms with Crippen LogP contribution in [0.15, 0.2) is 48.5 Å². The molecule has 0 unspecified atom stereocenters. The van der Waals surface area contributed by atoms with Crippen LogP contribution < -0.4 is 15.1 Å². The highest BCUT2D eigenvalue weighted by atomic mass is 19.4. The summed E-state index contributed by atoms with van der Waals surface area (Å²) in [6, 6.07) is 12.9. The number of alkyl halides is 3. The molecule has 156 valence electrons. The Hall–Kier alpha value is -2.54. The highest BCUT2D eigenvalue weighted by molar-refractivity contribution is 5.94. The summed E-state index contributed by atoms with van der Waals surface area (Å²) in [6.07, 6.45) is -2.18. The van der Waals surface area contributed by atoms with E-state index in [1.807, 2.05) is 31.1 Å². The van der Waals surface area contributed by atoms with Gasteiger partial charge in [-0.1, -0.05) is 18.2 Å². The highest BCUT2D eigenvalue weighted by Crippen LogP contribution is 2.29. The van der Waals surface area contributed by atoms with Crippen LogP contribution in [0.1, 0.15) is 40.4 Å². The number of carbonyl (C=O) groups excluding carboxylic acids is 1. The molecule has 2 aromatic rings. The number of amides is 1. The predicted molar refractivity (Wildman–Crippen MR) is 107 cm³/mol. The molecule has 1 heterocycles. The van der Waals surface area contributed by atoms with E-state index in [-0.39, 0.29) is 11.6 Å². The summed E-state index contributed by atoms with van der Waals surface area (Å²) in [5.74, 6) is -0.482. The van der Waals surface area contributed by atoms with Gasteiger partial charge in [-0.25, -0.2) is 0 Å². The van der Waals surface area contributed by atoms with Crippen molar-refractivity contribution in [2.75, 3.05) is 38.6 Å². The van der Waals surface area contributed by atoms with E-state index in [0.29, 0.717) is 6.54 Å². The minimum absolute atomic E-state index is 0.0259. The maximum Gasteiger partial charge on any atom is 0.416 e. The van der Waals surface area contributed by atoms with E-state index in [4.69, 9.17) is 0 Å².